The number of benzene rings is 3. The second-order valence-electron chi connectivity index (χ2n) is 7.53. The molecule has 0 bridgehead atoms. The fourth-order valence-electron chi connectivity index (χ4n) is 3.69. The summed E-state index contributed by atoms with van der Waals surface area (Å²) in [5.41, 5.74) is 1.38. The molecule has 6 nitrogen and oxygen atoms in total. The van der Waals surface area contributed by atoms with Crippen LogP contribution >= 0.6 is 0 Å². The molecule has 0 fully saturated rings. The SMILES string of the molecule is O=C(O)C(Cc1ccccc1)Nc1c(NC(c2ccccc2)c2ccccc2)c(=O)c1=O. The van der Waals surface area contributed by atoms with E-state index in [2.05, 4.69) is 10.6 Å². The lowest BCUT2D eigenvalue weighted by Gasteiger charge is -2.25. The van der Waals surface area contributed by atoms with Gasteiger partial charge in [-0.2, -0.15) is 0 Å². The molecular weight excluding hydrogens is 404 g/mol. The Balaban J connectivity index is 1.63. The lowest BCUT2D eigenvalue weighted by Crippen LogP contribution is -2.42. The van der Waals surface area contributed by atoms with Gasteiger partial charge >= 0.3 is 5.97 Å². The quantitative estimate of drug-likeness (QED) is 0.354. The molecule has 3 N–H and O–H groups in total. The normalized spacial score (nSPS) is 11.9. The lowest BCUT2D eigenvalue weighted by atomic mass is 9.97. The van der Waals surface area contributed by atoms with Crippen LogP contribution in [0.1, 0.15) is 22.7 Å². The maximum atomic E-state index is 12.4. The second kappa shape index (κ2) is 9.31. The molecule has 0 aliphatic carbocycles. The minimum Gasteiger partial charge on any atom is -0.480 e. The molecule has 6 heteroatoms. The summed E-state index contributed by atoms with van der Waals surface area (Å²) < 4.78 is 0. The van der Waals surface area contributed by atoms with E-state index in [1.54, 1.807) is 0 Å². The Bertz CT molecular complexity index is 1220. The number of nitrogens with one attached hydrogen (secondary N) is 2. The van der Waals surface area contributed by atoms with Crippen molar-refractivity contribution in [2.75, 3.05) is 10.6 Å². The third-order valence-corrected chi connectivity index (χ3v) is 5.36. The standard InChI is InChI=1S/C26H22N2O4/c29-24-22(27-20(26(31)32)16-17-10-4-1-5-11-17)23(25(24)30)28-21(18-12-6-2-7-13-18)19-14-8-3-9-15-19/h1-15,20-21,27-28H,16H2,(H,31,32). The first kappa shape index (κ1) is 21.1. The number of rotatable bonds is 9. The predicted octanol–water partition coefficient (Wildman–Crippen LogP) is 3.59. The van der Waals surface area contributed by atoms with Crippen LogP contribution in [0.3, 0.4) is 0 Å². The molecule has 0 aromatic heterocycles. The Morgan fingerprint density at radius 1 is 0.688 bits per heavy atom. The van der Waals surface area contributed by atoms with Crippen LogP contribution in [0.4, 0.5) is 11.4 Å². The average Bonchev–Trinajstić information content (AvgIpc) is 2.84. The van der Waals surface area contributed by atoms with Gasteiger partial charge in [-0.1, -0.05) is 91.0 Å². The van der Waals surface area contributed by atoms with Crippen molar-refractivity contribution >= 4 is 17.3 Å². The van der Waals surface area contributed by atoms with Crippen molar-refractivity contribution in [3.05, 3.63) is 128 Å². The van der Waals surface area contributed by atoms with E-state index in [9.17, 15) is 19.5 Å². The molecule has 0 spiro atoms. The number of carboxylic acids is 1. The largest absolute Gasteiger partial charge is 0.480 e. The summed E-state index contributed by atoms with van der Waals surface area (Å²) in [6.45, 7) is 0. The highest BCUT2D eigenvalue weighted by Gasteiger charge is 2.28. The van der Waals surface area contributed by atoms with Crippen molar-refractivity contribution in [1.82, 2.24) is 0 Å². The van der Waals surface area contributed by atoms with Crippen molar-refractivity contribution in [1.29, 1.82) is 0 Å². The third kappa shape index (κ3) is 4.44. The maximum Gasteiger partial charge on any atom is 0.326 e. The van der Waals surface area contributed by atoms with E-state index in [1.807, 2.05) is 91.0 Å². The topological polar surface area (TPSA) is 95.5 Å². The van der Waals surface area contributed by atoms with E-state index < -0.39 is 22.9 Å². The zero-order chi connectivity index (χ0) is 22.5. The molecule has 4 rings (SSSR count). The molecule has 32 heavy (non-hydrogen) atoms. The Morgan fingerprint density at radius 2 is 1.12 bits per heavy atom. The predicted molar refractivity (Wildman–Crippen MR) is 125 cm³/mol. The zero-order valence-corrected chi connectivity index (χ0v) is 17.2. The number of carbonyl (C=O) groups is 1. The average molecular weight is 426 g/mol. The smallest absolute Gasteiger partial charge is 0.326 e. The van der Waals surface area contributed by atoms with Gasteiger partial charge < -0.3 is 15.7 Å². The number of anilines is 2. The molecule has 0 aliphatic rings. The summed E-state index contributed by atoms with van der Waals surface area (Å²) in [6.07, 6.45) is 0.176. The molecule has 0 radical (unpaired) electrons. The van der Waals surface area contributed by atoms with E-state index in [4.69, 9.17) is 0 Å². The monoisotopic (exact) mass is 426 g/mol. The van der Waals surface area contributed by atoms with E-state index >= 15 is 0 Å². The fourth-order valence-corrected chi connectivity index (χ4v) is 3.69. The molecular formula is C26H22N2O4. The molecule has 0 heterocycles. The van der Waals surface area contributed by atoms with Gasteiger partial charge in [-0.15, -0.1) is 0 Å². The first-order chi connectivity index (χ1) is 15.5. The second-order valence-corrected chi connectivity index (χ2v) is 7.53. The molecule has 1 unspecified atom stereocenters. The molecule has 0 aliphatic heterocycles. The van der Waals surface area contributed by atoms with Crippen molar-refractivity contribution < 1.29 is 9.90 Å². The molecule has 4 aromatic carbocycles. The lowest BCUT2D eigenvalue weighted by molar-refractivity contribution is -0.137. The first-order valence-electron chi connectivity index (χ1n) is 10.3. The van der Waals surface area contributed by atoms with Crippen molar-refractivity contribution in [2.24, 2.45) is 0 Å². The van der Waals surface area contributed by atoms with Crippen LogP contribution in [-0.2, 0) is 11.2 Å². The van der Waals surface area contributed by atoms with Crippen LogP contribution in [0.15, 0.2) is 101 Å². The van der Waals surface area contributed by atoms with Crippen LogP contribution < -0.4 is 21.5 Å². The van der Waals surface area contributed by atoms with Gasteiger partial charge in [-0.3, -0.25) is 9.59 Å². The van der Waals surface area contributed by atoms with Gasteiger partial charge in [0.25, 0.3) is 10.9 Å². The molecule has 0 saturated carbocycles. The Hall–Kier alpha value is -4.19. The summed E-state index contributed by atoms with van der Waals surface area (Å²) in [6, 6.07) is 26.8. The summed E-state index contributed by atoms with van der Waals surface area (Å²) in [5.74, 6) is -1.10. The molecule has 0 saturated heterocycles. The Kier molecular flexibility index (Phi) is 6.12. The summed E-state index contributed by atoms with van der Waals surface area (Å²) >= 11 is 0. The summed E-state index contributed by atoms with van der Waals surface area (Å²) in [5, 5.41) is 15.6. The van der Waals surface area contributed by atoms with Gasteiger partial charge in [0.05, 0.1) is 6.04 Å². The minimum atomic E-state index is -1.10. The van der Waals surface area contributed by atoms with Gasteiger partial charge in [0, 0.05) is 6.42 Å². The third-order valence-electron chi connectivity index (χ3n) is 5.36. The van der Waals surface area contributed by atoms with Crippen LogP contribution in [0, 0.1) is 0 Å². The molecule has 4 aromatic rings. The number of hydrogen-bond acceptors (Lipinski definition) is 5. The van der Waals surface area contributed by atoms with Crippen molar-refractivity contribution in [3.8, 4) is 0 Å². The summed E-state index contributed by atoms with van der Waals surface area (Å²) in [7, 11) is 0. The van der Waals surface area contributed by atoms with Crippen LogP contribution in [-0.4, -0.2) is 17.1 Å². The highest BCUT2D eigenvalue weighted by atomic mass is 16.4. The van der Waals surface area contributed by atoms with Gasteiger partial charge in [0.15, 0.2) is 0 Å². The Morgan fingerprint density at radius 3 is 1.59 bits per heavy atom. The van der Waals surface area contributed by atoms with E-state index in [0.717, 1.165) is 16.7 Å². The van der Waals surface area contributed by atoms with E-state index in [0.29, 0.717) is 0 Å². The van der Waals surface area contributed by atoms with Gasteiger partial charge in [0.1, 0.15) is 17.4 Å². The van der Waals surface area contributed by atoms with Gasteiger partial charge in [0.2, 0.25) is 0 Å². The molecule has 160 valence electrons. The van der Waals surface area contributed by atoms with Gasteiger partial charge in [-0.05, 0) is 16.7 Å². The van der Waals surface area contributed by atoms with Crippen LogP contribution in [0.25, 0.3) is 0 Å². The highest BCUT2D eigenvalue weighted by molar-refractivity contribution is 5.83. The van der Waals surface area contributed by atoms with E-state index in [-0.39, 0.29) is 23.8 Å². The maximum absolute atomic E-state index is 12.4. The van der Waals surface area contributed by atoms with E-state index in [1.165, 1.54) is 0 Å². The first-order valence-corrected chi connectivity index (χ1v) is 10.3. The highest BCUT2D eigenvalue weighted by Crippen LogP contribution is 2.28. The van der Waals surface area contributed by atoms with Crippen LogP contribution in [0.2, 0.25) is 0 Å². The summed E-state index contributed by atoms with van der Waals surface area (Å²) in [4.78, 5) is 36.6. The fraction of sp³-hybridized carbons (Fsp3) is 0.115. The minimum absolute atomic E-state index is 0.00944. The zero-order valence-electron chi connectivity index (χ0n) is 17.2. The molecule has 0 amide bonds. The number of aliphatic carboxylic acids is 1. The number of carboxylic acid groups (broad SMARTS) is 1. The Labute approximate surface area is 184 Å². The van der Waals surface area contributed by atoms with Gasteiger partial charge in [-0.25, -0.2) is 4.79 Å². The van der Waals surface area contributed by atoms with Crippen molar-refractivity contribution in [3.63, 3.8) is 0 Å². The molecule has 1 atom stereocenters. The van der Waals surface area contributed by atoms with Crippen molar-refractivity contribution in [2.45, 2.75) is 18.5 Å². The number of hydrogen-bond donors (Lipinski definition) is 3. The van der Waals surface area contributed by atoms with Crippen LogP contribution in [0.5, 0.6) is 0 Å².